The summed E-state index contributed by atoms with van der Waals surface area (Å²) in [6.45, 7) is 0. The predicted molar refractivity (Wildman–Crippen MR) is 77.2 cm³/mol. The fourth-order valence-corrected chi connectivity index (χ4v) is 3.55. The predicted octanol–water partition coefficient (Wildman–Crippen LogP) is 4.67. The Kier molecular flexibility index (Phi) is 2.62. The average Bonchev–Trinajstić information content (AvgIpc) is 2.55. The zero-order valence-electron chi connectivity index (χ0n) is 9.01. The van der Waals surface area contributed by atoms with E-state index in [1.165, 1.54) is 20.5 Å². The van der Waals surface area contributed by atoms with Crippen LogP contribution in [0.1, 0.15) is 10.4 Å². The van der Waals surface area contributed by atoms with Crippen molar-refractivity contribution in [3.63, 3.8) is 0 Å². The molecule has 1 aromatic heterocycles. The monoisotopic (exact) mass is 244 g/mol. The van der Waals surface area contributed by atoms with Crippen molar-refractivity contribution < 1.29 is 0 Å². The van der Waals surface area contributed by atoms with Crippen LogP contribution in [0.15, 0.2) is 36.4 Å². The molecule has 0 aliphatic heterocycles. The summed E-state index contributed by atoms with van der Waals surface area (Å²) in [4.78, 5) is 1.38. The normalized spacial score (nSPS) is 18.7. The van der Waals surface area contributed by atoms with Crippen LogP contribution in [0.2, 0.25) is 0 Å². The SMILES string of the molecule is CSC1C=Cc2sc3ccccc3c2C=C1. The van der Waals surface area contributed by atoms with Gasteiger partial charge in [-0.2, -0.15) is 11.8 Å². The van der Waals surface area contributed by atoms with Crippen LogP contribution in [-0.2, 0) is 0 Å². The van der Waals surface area contributed by atoms with Crippen molar-refractivity contribution >= 4 is 45.3 Å². The van der Waals surface area contributed by atoms with Crippen LogP contribution in [0.3, 0.4) is 0 Å². The quantitative estimate of drug-likeness (QED) is 0.702. The van der Waals surface area contributed by atoms with E-state index in [0.29, 0.717) is 5.25 Å². The van der Waals surface area contributed by atoms with Gasteiger partial charge >= 0.3 is 0 Å². The lowest BCUT2D eigenvalue weighted by atomic mass is 10.1. The molecule has 1 aliphatic rings. The number of rotatable bonds is 1. The van der Waals surface area contributed by atoms with Crippen LogP contribution in [-0.4, -0.2) is 11.5 Å². The second-order valence-corrected chi connectivity index (χ2v) is 5.89. The van der Waals surface area contributed by atoms with Crippen LogP contribution in [0.25, 0.3) is 22.2 Å². The van der Waals surface area contributed by atoms with Crippen LogP contribution in [0.4, 0.5) is 0 Å². The molecular formula is C14H12S2. The van der Waals surface area contributed by atoms with E-state index in [9.17, 15) is 0 Å². The van der Waals surface area contributed by atoms with E-state index in [1.54, 1.807) is 0 Å². The maximum absolute atomic E-state index is 2.28. The van der Waals surface area contributed by atoms with Crippen LogP contribution in [0, 0.1) is 0 Å². The van der Waals surface area contributed by atoms with Crippen molar-refractivity contribution in [1.29, 1.82) is 0 Å². The van der Waals surface area contributed by atoms with E-state index in [0.717, 1.165) is 0 Å². The molecule has 16 heavy (non-hydrogen) atoms. The van der Waals surface area contributed by atoms with Crippen molar-refractivity contribution in [2.75, 3.05) is 6.26 Å². The molecule has 1 aliphatic carbocycles. The summed E-state index contributed by atoms with van der Waals surface area (Å²) >= 11 is 3.75. The van der Waals surface area contributed by atoms with Crippen LogP contribution < -0.4 is 0 Å². The highest BCUT2D eigenvalue weighted by Crippen LogP contribution is 2.35. The minimum Gasteiger partial charge on any atom is -0.154 e. The van der Waals surface area contributed by atoms with Crippen molar-refractivity contribution in [3.8, 4) is 0 Å². The molecule has 0 nitrogen and oxygen atoms in total. The fourth-order valence-electron chi connectivity index (χ4n) is 1.97. The van der Waals surface area contributed by atoms with Gasteiger partial charge in [0.05, 0.1) is 0 Å². The highest BCUT2D eigenvalue weighted by molar-refractivity contribution is 7.99. The Morgan fingerprint density at radius 2 is 1.94 bits per heavy atom. The first-order valence-corrected chi connectivity index (χ1v) is 7.39. The fraction of sp³-hybridized carbons (Fsp3) is 0.143. The van der Waals surface area contributed by atoms with E-state index in [2.05, 4.69) is 54.8 Å². The average molecular weight is 244 g/mol. The van der Waals surface area contributed by atoms with Gasteiger partial charge in [0.2, 0.25) is 0 Å². The highest BCUT2D eigenvalue weighted by atomic mass is 32.2. The molecule has 0 N–H and O–H groups in total. The summed E-state index contributed by atoms with van der Waals surface area (Å²) in [5.74, 6) is 0. The molecule has 1 heterocycles. The molecule has 1 atom stereocenters. The number of hydrogen-bond donors (Lipinski definition) is 0. The molecule has 0 radical (unpaired) electrons. The Balaban J connectivity index is 2.21. The molecule has 0 saturated heterocycles. The molecule has 3 rings (SSSR count). The largest absolute Gasteiger partial charge is 0.154 e. The summed E-state index contributed by atoms with van der Waals surface area (Å²) in [5, 5.41) is 1.89. The molecule has 80 valence electrons. The number of thiophene rings is 1. The van der Waals surface area contributed by atoms with Crippen molar-refractivity contribution in [2.45, 2.75) is 5.25 Å². The van der Waals surface area contributed by atoms with Crippen LogP contribution in [0.5, 0.6) is 0 Å². The smallest absolute Gasteiger partial charge is 0.0411 e. The van der Waals surface area contributed by atoms with Gasteiger partial charge in [-0.1, -0.05) is 36.4 Å². The van der Waals surface area contributed by atoms with Gasteiger partial charge in [-0.05, 0) is 18.4 Å². The Hall–Kier alpha value is -0.990. The lowest BCUT2D eigenvalue weighted by Gasteiger charge is -1.99. The van der Waals surface area contributed by atoms with Gasteiger partial charge in [0.15, 0.2) is 0 Å². The van der Waals surface area contributed by atoms with Gasteiger partial charge in [-0.25, -0.2) is 0 Å². The van der Waals surface area contributed by atoms with Crippen molar-refractivity contribution in [3.05, 3.63) is 46.9 Å². The third kappa shape index (κ3) is 1.62. The second kappa shape index (κ2) is 4.11. The van der Waals surface area contributed by atoms with E-state index >= 15 is 0 Å². The van der Waals surface area contributed by atoms with Crippen molar-refractivity contribution in [2.24, 2.45) is 0 Å². The number of benzene rings is 1. The van der Waals surface area contributed by atoms with Gasteiger partial charge in [-0.15, -0.1) is 11.3 Å². The number of hydrogen-bond acceptors (Lipinski definition) is 2. The minimum absolute atomic E-state index is 0.512. The van der Waals surface area contributed by atoms with Gasteiger partial charge in [0.1, 0.15) is 0 Å². The Morgan fingerprint density at radius 3 is 2.81 bits per heavy atom. The molecule has 0 saturated carbocycles. The van der Waals surface area contributed by atoms with Gasteiger partial charge in [0, 0.05) is 25.8 Å². The zero-order chi connectivity index (χ0) is 11.0. The maximum atomic E-state index is 2.28. The molecule has 1 unspecified atom stereocenters. The highest BCUT2D eigenvalue weighted by Gasteiger charge is 2.10. The minimum atomic E-state index is 0.512. The Bertz CT molecular complexity index is 575. The molecule has 1 aromatic carbocycles. The Labute approximate surface area is 104 Å². The molecule has 0 fully saturated rings. The first-order valence-electron chi connectivity index (χ1n) is 5.29. The first kappa shape index (κ1) is 10.2. The van der Waals surface area contributed by atoms with Gasteiger partial charge in [0.25, 0.3) is 0 Å². The lowest BCUT2D eigenvalue weighted by molar-refractivity contribution is 1.46. The molecular weight excluding hydrogens is 232 g/mol. The lowest BCUT2D eigenvalue weighted by Crippen LogP contribution is -1.87. The molecule has 2 aromatic rings. The molecule has 0 spiro atoms. The van der Waals surface area contributed by atoms with Crippen LogP contribution >= 0.6 is 23.1 Å². The maximum Gasteiger partial charge on any atom is 0.0411 e. The summed E-state index contributed by atoms with van der Waals surface area (Å²) < 4.78 is 1.38. The number of fused-ring (bicyclic) bond motifs is 3. The summed E-state index contributed by atoms with van der Waals surface area (Å²) in [6.07, 6.45) is 11.3. The summed E-state index contributed by atoms with van der Waals surface area (Å²) in [7, 11) is 0. The van der Waals surface area contributed by atoms with Gasteiger partial charge in [-0.3, -0.25) is 0 Å². The topological polar surface area (TPSA) is 0 Å². The second-order valence-electron chi connectivity index (χ2n) is 3.79. The summed E-state index contributed by atoms with van der Waals surface area (Å²) in [5.41, 5.74) is 1.38. The van der Waals surface area contributed by atoms with Crippen molar-refractivity contribution in [1.82, 2.24) is 0 Å². The Morgan fingerprint density at radius 1 is 1.12 bits per heavy atom. The number of thioether (sulfide) groups is 1. The molecule has 2 heteroatoms. The van der Waals surface area contributed by atoms with E-state index in [4.69, 9.17) is 0 Å². The standard InChI is InChI=1S/C14H12S2/c1-15-10-6-8-12-11-4-2-3-5-13(11)16-14(12)9-7-10/h2-10H,1H3. The molecule has 0 bridgehead atoms. The zero-order valence-corrected chi connectivity index (χ0v) is 10.6. The molecule has 0 amide bonds. The van der Waals surface area contributed by atoms with E-state index < -0.39 is 0 Å². The summed E-state index contributed by atoms with van der Waals surface area (Å²) in [6, 6.07) is 8.63. The van der Waals surface area contributed by atoms with E-state index in [-0.39, 0.29) is 0 Å². The third-order valence-electron chi connectivity index (χ3n) is 2.82. The first-order chi connectivity index (χ1) is 7.88. The third-order valence-corrected chi connectivity index (χ3v) is 4.84. The van der Waals surface area contributed by atoms with Gasteiger partial charge < -0.3 is 0 Å². The van der Waals surface area contributed by atoms with E-state index in [1.807, 2.05) is 23.1 Å².